The summed E-state index contributed by atoms with van der Waals surface area (Å²) in [6.45, 7) is 11.3. The Morgan fingerprint density at radius 3 is 1.46 bits per heavy atom. The van der Waals surface area contributed by atoms with Crippen molar-refractivity contribution in [2.24, 2.45) is 5.92 Å². The summed E-state index contributed by atoms with van der Waals surface area (Å²) in [5.74, 6) is 0.954. The van der Waals surface area contributed by atoms with E-state index in [2.05, 4.69) is 34.6 Å². The molecule has 1 atom stereocenters. The second kappa shape index (κ2) is 14.5. The molecule has 0 aliphatic carbocycles. The third kappa shape index (κ3) is 18.8. The van der Waals surface area contributed by atoms with Crippen molar-refractivity contribution in [1.29, 1.82) is 0 Å². The van der Waals surface area contributed by atoms with E-state index in [-0.39, 0.29) is 0 Å². The molecule has 0 aliphatic rings. The molecule has 0 amide bonds. The van der Waals surface area contributed by atoms with Gasteiger partial charge in [0.15, 0.2) is 0 Å². The molecule has 1 unspecified atom stereocenters. The Labute approximate surface area is 86.1 Å². The standard InChI is InChI=1S/C8H18.C5H12/c1-4-6-7-8(3)5-2;1-3-5-4-2/h8H,4-7H2,1-3H3;3-5H2,1-2H3. The Balaban J connectivity index is 0. The molecule has 0 bridgehead atoms. The number of hydrogen-bond donors (Lipinski definition) is 0. The first kappa shape index (κ1) is 15.5. The van der Waals surface area contributed by atoms with Gasteiger partial charge in [-0.15, -0.1) is 0 Å². The second-order valence-electron chi connectivity index (χ2n) is 4.01. The van der Waals surface area contributed by atoms with Gasteiger partial charge in [-0.1, -0.05) is 79.6 Å². The summed E-state index contributed by atoms with van der Waals surface area (Å²) < 4.78 is 0. The molecule has 0 aromatic rings. The van der Waals surface area contributed by atoms with Gasteiger partial charge >= 0.3 is 0 Å². The van der Waals surface area contributed by atoms with E-state index in [1.165, 1.54) is 44.9 Å². The molecule has 0 spiro atoms. The Morgan fingerprint density at radius 2 is 1.23 bits per heavy atom. The minimum absolute atomic E-state index is 0.954. The van der Waals surface area contributed by atoms with E-state index in [4.69, 9.17) is 0 Å². The van der Waals surface area contributed by atoms with E-state index >= 15 is 0 Å². The van der Waals surface area contributed by atoms with Crippen molar-refractivity contribution in [3.05, 3.63) is 0 Å². The maximum atomic E-state index is 2.33. The molecule has 0 nitrogen and oxygen atoms in total. The first-order valence-electron chi connectivity index (χ1n) is 6.22. The van der Waals surface area contributed by atoms with Gasteiger partial charge in [-0.25, -0.2) is 0 Å². The van der Waals surface area contributed by atoms with Crippen LogP contribution >= 0.6 is 0 Å². The van der Waals surface area contributed by atoms with Crippen LogP contribution in [0.4, 0.5) is 0 Å². The van der Waals surface area contributed by atoms with Crippen LogP contribution in [-0.2, 0) is 0 Å². The van der Waals surface area contributed by atoms with Crippen LogP contribution in [0.15, 0.2) is 0 Å². The van der Waals surface area contributed by atoms with Crippen LogP contribution in [0.25, 0.3) is 0 Å². The monoisotopic (exact) mass is 186 g/mol. The average molecular weight is 186 g/mol. The molecule has 0 fully saturated rings. The first-order chi connectivity index (χ1) is 6.22. The SMILES string of the molecule is CCCCC.CCCCC(C)CC. The molecule has 0 heteroatoms. The van der Waals surface area contributed by atoms with Crippen molar-refractivity contribution >= 4 is 0 Å². The van der Waals surface area contributed by atoms with Crippen LogP contribution in [0.3, 0.4) is 0 Å². The van der Waals surface area contributed by atoms with Gasteiger partial charge < -0.3 is 0 Å². The Bertz CT molecular complexity index is 64.4. The molecule has 0 radical (unpaired) electrons. The summed E-state index contributed by atoms with van der Waals surface area (Å²) in [5, 5.41) is 0. The lowest BCUT2D eigenvalue weighted by Gasteiger charge is -2.04. The predicted octanol–water partition coefficient (Wildman–Crippen LogP) is 5.42. The van der Waals surface area contributed by atoms with Gasteiger partial charge in [0.05, 0.1) is 0 Å². The highest BCUT2D eigenvalue weighted by Crippen LogP contribution is 2.09. The van der Waals surface area contributed by atoms with E-state index in [1.54, 1.807) is 0 Å². The number of unbranched alkanes of at least 4 members (excludes halogenated alkanes) is 3. The summed E-state index contributed by atoms with van der Waals surface area (Å²) in [5.41, 5.74) is 0. The largest absolute Gasteiger partial charge is 0.0654 e. The Morgan fingerprint density at radius 1 is 0.769 bits per heavy atom. The van der Waals surface area contributed by atoms with Gasteiger partial charge in [0.1, 0.15) is 0 Å². The summed E-state index contributed by atoms with van der Waals surface area (Å²) in [6, 6.07) is 0. The number of rotatable bonds is 6. The highest BCUT2D eigenvalue weighted by molar-refractivity contribution is 4.47. The summed E-state index contributed by atoms with van der Waals surface area (Å²) in [4.78, 5) is 0. The molecule has 13 heavy (non-hydrogen) atoms. The van der Waals surface area contributed by atoms with Crippen LogP contribution in [0, 0.1) is 5.92 Å². The zero-order valence-electron chi connectivity index (χ0n) is 10.5. The molecular weight excluding hydrogens is 156 g/mol. The van der Waals surface area contributed by atoms with Crippen LogP contribution < -0.4 is 0 Å². The van der Waals surface area contributed by atoms with Gasteiger partial charge in [-0.2, -0.15) is 0 Å². The fraction of sp³-hybridized carbons (Fsp3) is 1.00. The summed E-state index contributed by atoms with van der Waals surface area (Å²) >= 11 is 0. The number of hydrogen-bond acceptors (Lipinski definition) is 0. The molecule has 0 rings (SSSR count). The van der Waals surface area contributed by atoms with Gasteiger partial charge in [0, 0.05) is 0 Å². The van der Waals surface area contributed by atoms with E-state index < -0.39 is 0 Å². The zero-order chi connectivity index (χ0) is 10.5. The lowest BCUT2D eigenvalue weighted by Crippen LogP contribution is -1.89. The van der Waals surface area contributed by atoms with Crippen LogP contribution in [0.2, 0.25) is 0 Å². The molecule has 0 aliphatic heterocycles. The molecule has 0 N–H and O–H groups in total. The van der Waals surface area contributed by atoms with Gasteiger partial charge in [-0.3, -0.25) is 0 Å². The maximum Gasteiger partial charge on any atom is -0.0445 e. The van der Waals surface area contributed by atoms with Gasteiger partial charge in [0.2, 0.25) is 0 Å². The van der Waals surface area contributed by atoms with Crippen molar-refractivity contribution in [3.63, 3.8) is 0 Å². The molecular formula is C13H30. The normalized spacial score (nSPS) is 11.8. The minimum atomic E-state index is 0.954. The van der Waals surface area contributed by atoms with Crippen molar-refractivity contribution in [2.75, 3.05) is 0 Å². The van der Waals surface area contributed by atoms with E-state index in [0.717, 1.165) is 5.92 Å². The topological polar surface area (TPSA) is 0 Å². The van der Waals surface area contributed by atoms with E-state index in [0.29, 0.717) is 0 Å². The highest BCUT2D eigenvalue weighted by Gasteiger charge is 1.94. The highest BCUT2D eigenvalue weighted by atomic mass is 14.0. The Kier molecular flexibility index (Phi) is 17.3. The lowest BCUT2D eigenvalue weighted by molar-refractivity contribution is 0.492. The Hall–Kier alpha value is 0. The second-order valence-corrected chi connectivity index (χ2v) is 4.01. The summed E-state index contributed by atoms with van der Waals surface area (Å²) in [7, 11) is 0. The molecule has 0 aromatic carbocycles. The smallest absolute Gasteiger partial charge is 0.0445 e. The predicted molar refractivity (Wildman–Crippen MR) is 64.2 cm³/mol. The van der Waals surface area contributed by atoms with Crippen molar-refractivity contribution < 1.29 is 0 Å². The van der Waals surface area contributed by atoms with E-state index in [1.807, 2.05) is 0 Å². The van der Waals surface area contributed by atoms with Crippen molar-refractivity contribution in [2.45, 2.75) is 79.6 Å². The van der Waals surface area contributed by atoms with E-state index in [9.17, 15) is 0 Å². The molecule has 0 aromatic heterocycles. The molecule has 0 saturated carbocycles. The minimum Gasteiger partial charge on any atom is -0.0654 e. The van der Waals surface area contributed by atoms with Crippen molar-refractivity contribution in [1.82, 2.24) is 0 Å². The van der Waals surface area contributed by atoms with Gasteiger partial charge in [0.25, 0.3) is 0 Å². The van der Waals surface area contributed by atoms with Crippen molar-refractivity contribution in [3.8, 4) is 0 Å². The molecule has 82 valence electrons. The average Bonchev–Trinajstić information content (AvgIpc) is 2.16. The third-order valence-electron chi connectivity index (χ3n) is 2.45. The molecule has 0 heterocycles. The fourth-order valence-corrected chi connectivity index (χ4v) is 1.11. The quantitative estimate of drug-likeness (QED) is 0.519. The van der Waals surface area contributed by atoms with Crippen LogP contribution in [0.1, 0.15) is 79.6 Å². The van der Waals surface area contributed by atoms with Gasteiger partial charge in [-0.05, 0) is 5.92 Å². The maximum absolute atomic E-state index is 2.33. The summed E-state index contributed by atoms with van der Waals surface area (Å²) in [6.07, 6.45) is 9.61. The zero-order valence-corrected chi connectivity index (χ0v) is 10.5. The first-order valence-corrected chi connectivity index (χ1v) is 6.22. The van der Waals surface area contributed by atoms with Crippen LogP contribution in [0.5, 0.6) is 0 Å². The lowest BCUT2D eigenvalue weighted by atomic mass is 10.0. The third-order valence-corrected chi connectivity index (χ3v) is 2.45. The fourth-order valence-electron chi connectivity index (χ4n) is 1.11. The van der Waals surface area contributed by atoms with Crippen LogP contribution in [-0.4, -0.2) is 0 Å². The molecule has 0 saturated heterocycles.